The van der Waals surface area contributed by atoms with E-state index in [0.717, 1.165) is 26.9 Å². The number of rotatable bonds is 4. The average Bonchev–Trinajstić information content (AvgIpc) is 3.36. The van der Waals surface area contributed by atoms with E-state index in [1.54, 1.807) is 42.5 Å². The number of carbonyl (C=O) groups excluding carboxylic acids is 3. The van der Waals surface area contributed by atoms with Crippen molar-refractivity contribution in [1.29, 1.82) is 0 Å². The smallest absolute Gasteiger partial charge is 0.268 e. The first-order valence-corrected chi connectivity index (χ1v) is 12.1. The molecular weight excluding hydrogens is 518 g/mol. The summed E-state index contributed by atoms with van der Waals surface area (Å²) < 4.78 is 0.743. The minimum absolute atomic E-state index is 0.297. The molecule has 3 aromatic rings. The van der Waals surface area contributed by atoms with Crippen LogP contribution in [0.5, 0.6) is 0 Å². The summed E-state index contributed by atoms with van der Waals surface area (Å²) in [7, 11) is 0. The molecule has 0 spiro atoms. The second-order valence-corrected chi connectivity index (χ2v) is 9.64. The lowest BCUT2D eigenvalue weighted by Crippen LogP contribution is -2.48. The van der Waals surface area contributed by atoms with E-state index in [1.807, 2.05) is 30.3 Å². The SMILES string of the molecule is CCc1ccc([C@@H]2NN(C(=O)c3cccc(Br)c3)[C@H]3C(=O)N(c4ccccc4Cl)C(=O)[C@H]23)cc1. The number of amides is 3. The maximum Gasteiger partial charge on any atom is 0.268 e. The number of carbonyl (C=O) groups is 3. The van der Waals surface area contributed by atoms with Crippen molar-refractivity contribution in [2.75, 3.05) is 4.90 Å². The molecule has 2 aliphatic rings. The summed E-state index contributed by atoms with van der Waals surface area (Å²) in [6.07, 6.45) is 0.885. The van der Waals surface area contributed by atoms with Gasteiger partial charge in [-0.2, -0.15) is 0 Å². The van der Waals surface area contributed by atoms with E-state index in [9.17, 15) is 14.4 Å². The van der Waals surface area contributed by atoms with Crippen LogP contribution in [0.2, 0.25) is 5.02 Å². The maximum atomic E-state index is 13.7. The summed E-state index contributed by atoms with van der Waals surface area (Å²) in [5.74, 6) is -2.03. The fraction of sp³-hybridized carbons (Fsp3) is 0.192. The van der Waals surface area contributed by atoms with Crippen LogP contribution in [0, 0.1) is 5.92 Å². The topological polar surface area (TPSA) is 69.7 Å². The van der Waals surface area contributed by atoms with Crippen molar-refractivity contribution in [1.82, 2.24) is 10.4 Å². The molecule has 34 heavy (non-hydrogen) atoms. The van der Waals surface area contributed by atoms with Crippen LogP contribution in [-0.4, -0.2) is 28.8 Å². The predicted molar refractivity (Wildman–Crippen MR) is 133 cm³/mol. The number of anilines is 1. The molecule has 2 aliphatic heterocycles. The Bertz CT molecular complexity index is 1300. The number of aryl methyl sites for hydroxylation is 1. The Morgan fingerprint density at radius 2 is 1.74 bits per heavy atom. The zero-order valence-corrected chi connectivity index (χ0v) is 20.6. The van der Waals surface area contributed by atoms with Gasteiger partial charge in [0, 0.05) is 10.0 Å². The van der Waals surface area contributed by atoms with Crippen molar-refractivity contribution >= 4 is 50.9 Å². The molecule has 5 rings (SSSR count). The number of hydrogen-bond acceptors (Lipinski definition) is 4. The van der Waals surface area contributed by atoms with Crippen LogP contribution in [0.15, 0.2) is 77.3 Å². The summed E-state index contributed by atoms with van der Waals surface area (Å²) in [5, 5.41) is 1.60. The molecule has 8 heteroatoms. The third-order valence-electron chi connectivity index (χ3n) is 6.37. The van der Waals surface area contributed by atoms with Crippen LogP contribution >= 0.6 is 27.5 Å². The molecule has 0 saturated carbocycles. The molecule has 3 atom stereocenters. The number of fused-ring (bicyclic) bond motifs is 1. The van der Waals surface area contributed by atoms with Crippen molar-refractivity contribution in [3.8, 4) is 0 Å². The lowest BCUT2D eigenvalue weighted by molar-refractivity contribution is -0.123. The van der Waals surface area contributed by atoms with Crippen molar-refractivity contribution in [3.05, 3.63) is 99.0 Å². The molecule has 0 aliphatic carbocycles. The number of benzene rings is 3. The van der Waals surface area contributed by atoms with Gasteiger partial charge in [0.2, 0.25) is 5.91 Å². The van der Waals surface area contributed by atoms with Crippen LogP contribution in [0.25, 0.3) is 0 Å². The number of para-hydroxylation sites is 1. The summed E-state index contributed by atoms with van der Waals surface area (Å²) >= 11 is 9.74. The van der Waals surface area contributed by atoms with Gasteiger partial charge in [0.25, 0.3) is 11.8 Å². The van der Waals surface area contributed by atoms with Gasteiger partial charge in [-0.25, -0.2) is 10.3 Å². The quantitative estimate of drug-likeness (QED) is 0.479. The molecule has 3 aromatic carbocycles. The van der Waals surface area contributed by atoms with Gasteiger partial charge in [-0.05, 0) is 47.9 Å². The third-order valence-corrected chi connectivity index (χ3v) is 7.18. The Balaban J connectivity index is 1.59. The maximum absolute atomic E-state index is 13.7. The van der Waals surface area contributed by atoms with Gasteiger partial charge in [-0.3, -0.25) is 19.4 Å². The van der Waals surface area contributed by atoms with E-state index in [2.05, 4.69) is 28.3 Å². The molecule has 2 heterocycles. The average molecular weight is 539 g/mol. The van der Waals surface area contributed by atoms with Gasteiger partial charge in [-0.15, -0.1) is 0 Å². The summed E-state index contributed by atoms with van der Waals surface area (Å²) in [6, 6.07) is 20.0. The lowest BCUT2D eigenvalue weighted by atomic mass is 9.90. The van der Waals surface area contributed by atoms with Gasteiger partial charge in [0.1, 0.15) is 6.04 Å². The second kappa shape index (κ2) is 8.98. The standard InChI is InChI=1S/C26H21BrClN3O3/c1-2-15-10-12-16(13-11-15)22-21-23(31(29-22)24(32)17-6-5-7-18(27)14-17)26(34)30(25(21)33)20-9-4-3-8-19(20)28/h3-14,21-23,29H,2H2,1H3/t21-,22+,23-/m1/s1. The largest absolute Gasteiger partial charge is 0.274 e. The van der Waals surface area contributed by atoms with Crippen molar-refractivity contribution in [3.63, 3.8) is 0 Å². The van der Waals surface area contributed by atoms with Crippen LogP contribution in [0.4, 0.5) is 5.69 Å². The first-order valence-electron chi connectivity index (χ1n) is 11.0. The van der Waals surface area contributed by atoms with Crippen LogP contribution < -0.4 is 10.3 Å². The van der Waals surface area contributed by atoms with E-state index in [-0.39, 0.29) is 11.8 Å². The van der Waals surface area contributed by atoms with E-state index < -0.39 is 23.9 Å². The molecule has 0 unspecified atom stereocenters. The summed E-state index contributed by atoms with van der Waals surface area (Å²) in [4.78, 5) is 42.0. The Labute approximate surface area is 210 Å². The third kappa shape index (κ3) is 3.74. The van der Waals surface area contributed by atoms with Crippen molar-refractivity contribution < 1.29 is 14.4 Å². The van der Waals surface area contributed by atoms with Gasteiger partial charge in [0.05, 0.1) is 22.7 Å². The van der Waals surface area contributed by atoms with Gasteiger partial charge < -0.3 is 0 Å². The second-order valence-electron chi connectivity index (χ2n) is 8.32. The van der Waals surface area contributed by atoms with Crippen LogP contribution in [-0.2, 0) is 16.0 Å². The Morgan fingerprint density at radius 1 is 1.00 bits per heavy atom. The molecule has 2 fully saturated rings. The highest BCUT2D eigenvalue weighted by atomic mass is 79.9. The molecule has 1 N–H and O–H groups in total. The molecule has 0 bridgehead atoms. The monoisotopic (exact) mass is 537 g/mol. The lowest BCUT2D eigenvalue weighted by Gasteiger charge is -2.25. The fourth-order valence-corrected chi connectivity index (χ4v) is 5.26. The Hall–Kier alpha value is -3.00. The summed E-state index contributed by atoms with van der Waals surface area (Å²) in [6.45, 7) is 2.07. The minimum atomic E-state index is -0.994. The molecule has 172 valence electrons. The van der Waals surface area contributed by atoms with E-state index >= 15 is 0 Å². The Morgan fingerprint density at radius 3 is 2.41 bits per heavy atom. The number of imide groups is 1. The Kier molecular flexibility index (Phi) is 6.02. The van der Waals surface area contributed by atoms with Crippen LogP contribution in [0.1, 0.15) is 34.5 Å². The van der Waals surface area contributed by atoms with Gasteiger partial charge >= 0.3 is 0 Å². The number of hydrazine groups is 1. The zero-order valence-electron chi connectivity index (χ0n) is 18.2. The van der Waals surface area contributed by atoms with Gasteiger partial charge in [0.15, 0.2) is 0 Å². The highest BCUT2D eigenvalue weighted by Gasteiger charge is 2.60. The number of halogens is 2. The zero-order chi connectivity index (χ0) is 24.0. The predicted octanol–water partition coefficient (Wildman–Crippen LogP) is 4.92. The molecular formula is C26H21BrClN3O3. The van der Waals surface area contributed by atoms with Crippen LogP contribution in [0.3, 0.4) is 0 Å². The first-order chi connectivity index (χ1) is 16.4. The van der Waals surface area contributed by atoms with E-state index in [0.29, 0.717) is 16.3 Å². The molecule has 0 radical (unpaired) electrons. The fourth-order valence-electron chi connectivity index (χ4n) is 4.64. The van der Waals surface area contributed by atoms with Crippen molar-refractivity contribution in [2.45, 2.75) is 25.4 Å². The molecule has 6 nitrogen and oxygen atoms in total. The highest BCUT2D eigenvalue weighted by Crippen LogP contribution is 2.43. The first kappa shape index (κ1) is 22.8. The normalized spacial score (nSPS) is 21.8. The number of nitrogens with zero attached hydrogens (tertiary/aromatic N) is 2. The van der Waals surface area contributed by atoms with Crippen molar-refractivity contribution in [2.24, 2.45) is 5.92 Å². The van der Waals surface area contributed by atoms with E-state index in [4.69, 9.17) is 11.6 Å². The minimum Gasteiger partial charge on any atom is -0.274 e. The highest BCUT2D eigenvalue weighted by molar-refractivity contribution is 9.10. The molecule has 2 saturated heterocycles. The molecule has 0 aromatic heterocycles. The number of nitrogens with one attached hydrogen (secondary N) is 1. The van der Waals surface area contributed by atoms with E-state index in [1.165, 1.54) is 5.01 Å². The molecule has 3 amide bonds. The summed E-state index contributed by atoms with van der Waals surface area (Å²) in [5.41, 5.74) is 5.90. The van der Waals surface area contributed by atoms with Gasteiger partial charge in [-0.1, -0.05) is 76.9 Å². The number of hydrogen-bond donors (Lipinski definition) is 1.